The van der Waals surface area contributed by atoms with Gasteiger partial charge in [0.1, 0.15) is 16.5 Å². The Hall–Kier alpha value is -1.95. The van der Waals surface area contributed by atoms with Crippen LogP contribution < -0.4 is 16.1 Å². The summed E-state index contributed by atoms with van der Waals surface area (Å²) in [5, 5.41) is 6.76. The van der Waals surface area contributed by atoms with Crippen LogP contribution in [0.25, 0.3) is 11.0 Å². The summed E-state index contributed by atoms with van der Waals surface area (Å²) < 4.78 is 20.8. The molecule has 2 aromatic heterocycles. The van der Waals surface area contributed by atoms with Crippen molar-refractivity contribution in [3.63, 3.8) is 0 Å². The van der Waals surface area contributed by atoms with Crippen molar-refractivity contribution in [1.29, 1.82) is 0 Å². The van der Waals surface area contributed by atoms with E-state index in [1.807, 2.05) is 22.6 Å². The van der Waals surface area contributed by atoms with Gasteiger partial charge in [0, 0.05) is 22.5 Å². The number of nitrogens with one attached hydrogen (secondary N) is 3. The van der Waals surface area contributed by atoms with Crippen molar-refractivity contribution < 1.29 is 18.4 Å². The molecule has 1 amide bonds. The Balaban J connectivity index is 1.69. The van der Waals surface area contributed by atoms with Crippen LogP contribution in [0.1, 0.15) is 17.0 Å². The molecule has 7 nitrogen and oxygen atoms in total. The molecule has 1 atom stereocenters. The number of pyridine rings is 1. The fourth-order valence-electron chi connectivity index (χ4n) is 2.90. The summed E-state index contributed by atoms with van der Waals surface area (Å²) in [6.45, 7) is 1.47. The van der Waals surface area contributed by atoms with Gasteiger partial charge < -0.3 is 15.1 Å². The number of fused-ring (bicyclic) bond motifs is 1. The van der Waals surface area contributed by atoms with Crippen LogP contribution in [-0.2, 0) is 4.84 Å². The molecule has 0 aliphatic carbocycles. The molecule has 1 aromatic carbocycles. The first-order chi connectivity index (χ1) is 13.5. The monoisotopic (exact) mass is 516 g/mol. The summed E-state index contributed by atoms with van der Waals surface area (Å²) in [7, 11) is 0. The lowest BCUT2D eigenvalue weighted by Crippen LogP contribution is -2.30. The van der Waals surface area contributed by atoms with Crippen LogP contribution in [0.2, 0.25) is 5.02 Å². The molecular weight excluding hydrogens is 502 g/mol. The molecule has 1 aliphatic heterocycles. The first kappa shape index (κ1) is 19.4. The second-order valence-electron chi connectivity index (χ2n) is 6.22. The number of aromatic nitrogens is 1. The van der Waals surface area contributed by atoms with Crippen LogP contribution >= 0.6 is 34.2 Å². The molecule has 4 rings (SSSR count). The largest absolute Gasteiger partial charge is 0.447 e. The molecule has 1 aliphatic rings. The molecule has 0 bridgehead atoms. The number of hydroxylamine groups is 1. The van der Waals surface area contributed by atoms with E-state index in [1.54, 1.807) is 12.1 Å². The fourth-order valence-corrected chi connectivity index (χ4v) is 3.55. The van der Waals surface area contributed by atoms with Crippen LogP contribution in [0, 0.1) is 9.39 Å². The van der Waals surface area contributed by atoms with Gasteiger partial charge in [0.25, 0.3) is 0 Å². The zero-order chi connectivity index (χ0) is 19.7. The van der Waals surface area contributed by atoms with E-state index in [2.05, 4.69) is 21.1 Å². The molecule has 28 heavy (non-hydrogen) atoms. The van der Waals surface area contributed by atoms with Crippen molar-refractivity contribution in [3.8, 4) is 0 Å². The number of hydrogen-bond donors (Lipinski definition) is 3. The Bertz CT molecular complexity index is 1040. The van der Waals surface area contributed by atoms with Crippen molar-refractivity contribution in [2.24, 2.45) is 0 Å². The van der Waals surface area contributed by atoms with Gasteiger partial charge in [-0.1, -0.05) is 11.6 Å². The maximum absolute atomic E-state index is 14.3. The minimum atomic E-state index is -0.604. The van der Waals surface area contributed by atoms with Gasteiger partial charge >= 0.3 is 5.91 Å². The third-order valence-corrected chi connectivity index (χ3v) is 5.22. The van der Waals surface area contributed by atoms with E-state index in [1.165, 1.54) is 18.5 Å². The van der Waals surface area contributed by atoms with E-state index < -0.39 is 11.7 Å². The van der Waals surface area contributed by atoms with E-state index in [-0.39, 0.29) is 33.8 Å². The second kappa shape index (κ2) is 8.19. The van der Waals surface area contributed by atoms with Crippen molar-refractivity contribution >= 4 is 62.4 Å². The first-order valence-electron chi connectivity index (χ1n) is 8.47. The normalized spacial score (nSPS) is 16.5. The van der Waals surface area contributed by atoms with Gasteiger partial charge in [-0.3, -0.25) is 14.6 Å². The molecule has 3 aromatic rings. The lowest BCUT2D eigenvalue weighted by atomic mass is 10.2. The van der Waals surface area contributed by atoms with Crippen LogP contribution in [0.15, 0.2) is 35.0 Å². The number of rotatable bonds is 5. The Morgan fingerprint density at radius 2 is 2.29 bits per heavy atom. The number of anilines is 2. The maximum atomic E-state index is 14.3. The number of amides is 1. The van der Waals surface area contributed by atoms with E-state index in [4.69, 9.17) is 20.9 Å². The standard InChI is InChI=1S/C18H15ClFIN4O3/c19-12-8-23-7-11-15(24-14-2-1-9(21)5-13(14)20)17(27-16(11)12)18(26)25-28-10-3-4-22-6-10/h1-2,5,7-8,10,22,24H,3-4,6H2,(H,25,26)/t10-/m0/s1. The Labute approximate surface area is 178 Å². The van der Waals surface area contributed by atoms with Crippen molar-refractivity contribution in [2.75, 3.05) is 18.4 Å². The predicted octanol–water partition coefficient (Wildman–Crippen LogP) is 3.99. The minimum Gasteiger partial charge on any atom is -0.447 e. The van der Waals surface area contributed by atoms with Gasteiger partial charge in [0.2, 0.25) is 5.76 Å². The lowest BCUT2D eigenvalue weighted by Gasteiger charge is -2.11. The number of carbonyl (C=O) groups excluding carboxylic acids is 1. The first-order valence-corrected chi connectivity index (χ1v) is 9.93. The Morgan fingerprint density at radius 3 is 3.04 bits per heavy atom. The lowest BCUT2D eigenvalue weighted by molar-refractivity contribution is -0.00814. The predicted molar refractivity (Wildman–Crippen MR) is 111 cm³/mol. The van der Waals surface area contributed by atoms with Gasteiger partial charge in [0.05, 0.1) is 17.2 Å². The highest BCUT2D eigenvalue weighted by Crippen LogP contribution is 2.36. The molecule has 3 heterocycles. The number of hydrogen-bond acceptors (Lipinski definition) is 6. The average Bonchev–Trinajstić information content (AvgIpc) is 3.31. The molecule has 1 saturated heterocycles. The zero-order valence-corrected chi connectivity index (χ0v) is 17.3. The number of nitrogens with zero attached hydrogens (tertiary/aromatic N) is 1. The summed E-state index contributed by atoms with van der Waals surface area (Å²) in [4.78, 5) is 22.1. The Morgan fingerprint density at radius 1 is 1.43 bits per heavy atom. The van der Waals surface area contributed by atoms with E-state index in [0.717, 1.165) is 16.5 Å². The van der Waals surface area contributed by atoms with Gasteiger partial charge in [-0.2, -0.15) is 0 Å². The molecule has 1 fully saturated rings. The molecule has 0 saturated carbocycles. The number of furan rings is 1. The third kappa shape index (κ3) is 3.93. The summed E-state index contributed by atoms with van der Waals surface area (Å²) in [6.07, 6.45) is 3.57. The highest BCUT2D eigenvalue weighted by atomic mass is 127. The van der Waals surface area contributed by atoms with Gasteiger partial charge in [0.15, 0.2) is 5.58 Å². The highest BCUT2D eigenvalue weighted by molar-refractivity contribution is 14.1. The van der Waals surface area contributed by atoms with Gasteiger partial charge in [-0.25, -0.2) is 9.87 Å². The van der Waals surface area contributed by atoms with E-state index in [9.17, 15) is 9.18 Å². The Kier molecular flexibility index (Phi) is 5.67. The molecular formula is C18H15ClFIN4O3. The van der Waals surface area contributed by atoms with Crippen molar-refractivity contribution in [2.45, 2.75) is 12.5 Å². The number of benzene rings is 1. The van der Waals surface area contributed by atoms with Crippen LogP contribution in [0.4, 0.5) is 15.8 Å². The van der Waals surface area contributed by atoms with E-state index >= 15 is 0 Å². The topological polar surface area (TPSA) is 88.4 Å². The molecule has 0 spiro atoms. The quantitative estimate of drug-likeness (QED) is 0.351. The summed E-state index contributed by atoms with van der Waals surface area (Å²) >= 11 is 8.17. The zero-order valence-electron chi connectivity index (χ0n) is 14.4. The summed E-state index contributed by atoms with van der Waals surface area (Å²) in [6, 6.07) is 4.71. The minimum absolute atomic E-state index is 0.0752. The number of halogens is 3. The third-order valence-electron chi connectivity index (χ3n) is 4.28. The fraction of sp³-hybridized carbons (Fsp3) is 0.222. The number of carbonyl (C=O) groups is 1. The van der Waals surface area contributed by atoms with Crippen molar-refractivity contribution in [1.82, 2.24) is 15.8 Å². The molecule has 10 heteroatoms. The average molecular weight is 517 g/mol. The van der Waals surface area contributed by atoms with Crippen LogP contribution in [0.3, 0.4) is 0 Å². The molecule has 3 N–H and O–H groups in total. The van der Waals surface area contributed by atoms with Gasteiger partial charge in [-0.15, -0.1) is 0 Å². The molecule has 146 valence electrons. The van der Waals surface area contributed by atoms with E-state index in [0.29, 0.717) is 11.9 Å². The molecule has 0 unspecified atom stereocenters. The molecule has 0 radical (unpaired) electrons. The van der Waals surface area contributed by atoms with Crippen LogP contribution in [0.5, 0.6) is 0 Å². The smallest absolute Gasteiger partial charge is 0.312 e. The SMILES string of the molecule is O=C(NO[C@H]1CCNC1)c1oc2c(Cl)cncc2c1Nc1ccc(I)cc1F. The highest BCUT2D eigenvalue weighted by Gasteiger charge is 2.25. The maximum Gasteiger partial charge on any atom is 0.312 e. The van der Waals surface area contributed by atoms with Gasteiger partial charge in [-0.05, 0) is 53.8 Å². The second-order valence-corrected chi connectivity index (χ2v) is 7.87. The summed E-state index contributed by atoms with van der Waals surface area (Å²) in [5.41, 5.74) is 3.13. The summed E-state index contributed by atoms with van der Waals surface area (Å²) in [5.74, 6) is -1.14. The van der Waals surface area contributed by atoms with Crippen LogP contribution in [-0.4, -0.2) is 30.1 Å². The van der Waals surface area contributed by atoms with Crippen molar-refractivity contribution in [3.05, 3.63) is 50.8 Å².